The number of hydrogen-bond acceptors (Lipinski definition) is 2. The van der Waals surface area contributed by atoms with Crippen LogP contribution < -0.4 is 10.5 Å². The largest absolute Gasteiger partial charge is 0.496 e. The van der Waals surface area contributed by atoms with Crippen molar-refractivity contribution in [3.63, 3.8) is 0 Å². The number of hydrogen-bond donors (Lipinski definition) is 1. The van der Waals surface area contributed by atoms with Gasteiger partial charge in [-0.2, -0.15) is 0 Å². The molecule has 2 N–H and O–H groups in total. The summed E-state index contributed by atoms with van der Waals surface area (Å²) in [5, 5.41) is 0. The van der Waals surface area contributed by atoms with Gasteiger partial charge in [-0.1, -0.05) is 13.0 Å². The monoisotopic (exact) mass is 235 g/mol. The van der Waals surface area contributed by atoms with E-state index in [1.165, 1.54) is 29.5 Å². The van der Waals surface area contributed by atoms with Gasteiger partial charge in [-0.05, 0) is 68.3 Å². The number of nitrogens with two attached hydrogens (primary N) is 1. The predicted molar refractivity (Wildman–Crippen MR) is 73.8 cm³/mol. The lowest BCUT2D eigenvalue weighted by atomic mass is 9.87. The van der Waals surface area contributed by atoms with Crippen LogP contribution in [0.2, 0.25) is 0 Å². The molecule has 1 atom stereocenters. The van der Waals surface area contributed by atoms with E-state index in [0.717, 1.165) is 18.7 Å². The van der Waals surface area contributed by atoms with Crippen LogP contribution in [0.15, 0.2) is 12.1 Å². The fraction of sp³-hybridized carbons (Fsp3) is 0.600. The molecule has 96 valence electrons. The van der Waals surface area contributed by atoms with Crippen molar-refractivity contribution in [1.82, 2.24) is 0 Å². The zero-order chi connectivity index (χ0) is 12.8. The molecule has 1 aromatic rings. The van der Waals surface area contributed by atoms with Crippen molar-refractivity contribution in [2.75, 3.05) is 13.7 Å². The van der Waals surface area contributed by atoms with E-state index >= 15 is 0 Å². The molecule has 0 heterocycles. The Labute approximate surface area is 105 Å². The van der Waals surface area contributed by atoms with Gasteiger partial charge < -0.3 is 10.5 Å². The lowest BCUT2D eigenvalue weighted by Crippen LogP contribution is -2.06. The molecule has 0 aliphatic rings. The van der Waals surface area contributed by atoms with E-state index in [1.54, 1.807) is 7.11 Å². The molecule has 0 radical (unpaired) electrons. The molecule has 0 aromatic heterocycles. The lowest BCUT2D eigenvalue weighted by molar-refractivity contribution is 0.410. The Bertz CT molecular complexity index is 360. The normalized spacial score (nSPS) is 12.5. The highest BCUT2D eigenvalue weighted by atomic mass is 16.5. The average molecular weight is 235 g/mol. The first-order valence-electron chi connectivity index (χ1n) is 6.49. The second-order valence-corrected chi connectivity index (χ2v) is 4.64. The number of ether oxygens (including phenoxy) is 1. The molecule has 2 heteroatoms. The summed E-state index contributed by atoms with van der Waals surface area (Å²) in [5.41, 5.74) is 9.69. The van der Waals surface area contributed by atoms with Gasteiger partial charge in [0.15, 0.2) is 0 Å². The minimum Gasteiger partial charge on any atom is -0.496 e. The third-order valence-corrected chi connectivity index (χ3v) is 3.69. The molecule has 1 unspecified atom stereocenters. The fourth-order valence-corrected chi connectivity index (χ4v) is 2.42. The maximum Gasteiger partial charge on any atom is 0.122 e. The minimum absolute atomic E-state index is 0.628. The van der Waals surface area contributed by atoms with E-state index in [0.29, 0.717) is 5.92 Å². The average Bonchev–Trinajstić information content (AvgIpc) is 2.35. The Morgan fingerprint density at radius 1 is 1.24 bits per heavy atom. The zero-order valence-electron chi connectivity index (χ0n) is 11.5. The van der Waals surface area contributed by atoms with Crippen molar-refractivity contribution in [3.05, 3.63) is 28.8 Å². The van der Waals surface area contributed by atoms with Crippen LogP contribution in [0.1, 0.15) is 48.8 Å². The van der Waals surface area contributed by atoms with Crippen molar-refractivity contribution in [2.45, 2.75) is 46.0 Å². The molecular weight excluding hydrogens is 210 g/mol. The van der Waals surface area contributed by atoms with E-state index in [9.17, 15) is 0 Å². The summed E-state index contributed by atoms with van der Waals surface area (Å²) in [6.45, 7) is 7.36. The maximum absolute atomic E-state index is 5.60. The van der Waals surface area contributed by atoms with Gasteiger partial charge in [0.2, 0.25) is 0 Å². The van der Waals surface area contributed by atoms with Crippen LogP contribution in [-0.4, -0.2) is 13.7 Å². The fourth-order valence-electron chi connectivity index (χ4n) is 2.42. The maximum atomic E-state index is 5.60. The highest BCUT2D eigenvalue weighted by Crippen LogP contribution is 2.32. The van der Waals surface area contributed by atoms with Crippen molar-refractivity contribution in [2.24, 2.45) is 5.73 Å². The molecular formula is C15H25NO. The summed E-state index contributed by atoms with van der Waals surface area (Å²) in [6.07, 6.45) is 3.45. The molecule has 0 bridgehead atoms. The summed E-state index contributed by atoms with van der Waals surface area (Å²) < 4.78 is 5.36. The van der Waals surface area contributed by atoms with Crippen molar-refractivity contribution >= 4 is 0 Å². The van der Waals surface area contributed by atoms with E-state index < -0.39 is 0 Å². The molecule has 0 fully saturated rings. The number of methoxy groups -OCH3 is 1. The van der Waals surface area contributed by atoms with E-state index in [4.69, 9.17) is 10.5 Å². The van der Waals surface area contributed by atoms with Crippen LogP contribution in [0.3, 0.4) is 0 Å². The van der Waals surface area contributed by atoms with Gasteiger partial charge in [0, 0.05) is 0 Å². The van der Waals surface area contributed by atoms with Crippen LogP contribution >= 0.6 is 0 Å². The topological polar surface area (TPSA) is 35.2 Å². The SMILES string of the molecule is CCC(CCCN)c1ccc(OC)c(C)c1C. The quantitative estimate of drug-likeness (QED) is 0.818. The molecule has 0 spiro atoms. The van der Waals surface area contributed by atoms with Crippen LogP contribution in [0.5, 0.6) is 5.75 Å². The Kier molecular flexibility index (Phi) is 5.49. The number of rotatable bonds is 6. The smallest absolute Gasteiger partial charge is 0.122 e. The van der Waals surface area contributed by atoms with Gasteiger partial charge in [0.05, 0.1) is 7.11 Å². The second-order valence-electron chi connectivity index (χ2n) is 4.64. The third kappa shape index (κ3) is 3.22. The van der Waals surface area contributed by atoms with Crippen molar-refractivity contribution in [3.8, 4) is 5.75 Å². The lowest BCUT2D eigenvalue weighted by Gasteiger charge is -2.20. The molecule has 0 amide bonds. The molecule has 0 saturated heterocycles. The molecule has 1 rings (SSSR count). The minimum atomic E-state index is 0.628. The van der Waals surface area contributed by atoms with Crippen molar-refractivity contribution in [1.29, 1.82) is 0 Å². The first kappa shape index (κ1) is 14.0. The molecule has 0 saturated carbocycles. The van der Waals surface area contributed by atoms with Gasteiger partial charge in [0.25, 0.3) is 0 Å². The van der Waals surface area contributed by atoms with Crippen LogP contribution in [0, 0.1) is 13.8 Å². The molecule has 0 aliphatic heterocycles. The zero-order valence-corrected chi connectivity index (χ0v) is 11.5. The standard InChI is InChI=1S/C15H25NO/c1-5-13(7-6-10-16)14-8-9-15(17-4)12(3)11(14)2/h8-9,13H,5-7,10,16H2,1-4H3. The second kappa shape index (κ2) is 6.65. The Hall–Kier alpha value is -1.02. The Balaban J connectivity index is 3.00. The van der Waals surface area contributed by atoms with Gasteiger partial charge in [-0.15, -0.1) is 0 Å². The summed E-state index contributed by atoms with van der Waals surface area (Å²) in [5.74, 6) is 1.61. The van der Waals surface area contributed by atoms with Crippen molar-refractivity contribution < 1.29 is 4.74 Å². The van der Waals surface area contributed by atoms with E-state index in [2.05, 4.69) is 32.9 Å². The van der Waals surface area contributed by atoms with Gasteiger partial charge in [-0.25, -0.2) is 0 Å². The number of benzene rings is 1. The van der Waals surface area contributed by atoms with Gasteiger partial charge >= 0.3 is 0 Å². The molecule has 0 aliphatic carbocycles. The molecule has 2 nitrogen and oxygen atoms in total. The Morgan fingerprint density at radius 3 is 2.47 bits per heavy atom. The Morgan fingerprint density at radius 2 is 1.94 bits per heavy atom. The van der Waals surface area contributed by atoms with E-state index in [1.807, 2.05) is 0 Å². The molecule has 1 aromatic carbocycles. The van der Waals surface area contributed by atoms with Crippen LogP contribution in [0.25, 0.3) is 0 Å². The van der Waals surface area contributed by atoms with Crippen LogP contribution in [0.4, 0.5) is 0 Å². The first-order valence-corrected chi connectivity index (χ1v) is 6.49. The first-order chi connectivity index (χ1) is 8.15. The third-order valence-electron chi connectivity index (χ3n) is 3.69. The molecule has 17 heavy (non-hydrogen) atoms. The predicted octanol–water partition coefficient (Wildman–Crippen LogP) is 3.54. The summed E-state index contributed by atoms with van der Waals surface area (Å²) in [6, 6.07) is 4.30. The van der Waals surface area contributed by atoms with Crippen LogP contribution in [-0.2, 0) is 0 Å². The highest BCUT2D eigenvalue weighted by molar-refractivity contribution is 5.44. The van der Waals surface area contributed by atoms with Gasteiger partial charge in [-0.3, -0.25) is 0 Å². The summed E-state index contributed by atoms with van der Waals surface area (Å²) in [7, 11) is 1.73. The summed E-state index contributed by atoms with van der Waals surface area (Å²) in [4.78, 5) is 0. The van der Waals surface area contributed by atoms with Gasteiger partial charge in [0.1, 0.15) is 5.75 Å². The van der Waals surface area contributed by atoms with E-state index in [-0.39, 0.29) is 0 Å². The summed E-state index contributed by atoms with van der Waals surface area (Å²) >= 11 is 0. The highest BCUT2D eigenvalue weighted by Gasteiger charge is 2.14.